The minimum absolute atomic E-state index is 0.424. The topological polar surface area (TPSA) is 67.8 Å². The van der Waals surface area contributed by atoms with Crippen molar-refractivity contribution in [3.05, 3.63) is 48.6 Å². The zero-order chi connectivity index (χ0) is 17.1. The van der Waals surface area contributed by atoms with Crippen molar-refractivity contribution in [1.29, 1.82) is 0 Å². The van der Waals surface area contributed by atoms with Crippen LogP contribution in [0.5, 0.6) is 5.75 Å². The maximum Gasteiger partial charge on any atom is 0.283 e. The molecule has 1 aromatic carbocycles. The second-order valence-corrected chi connectivity index (χ2v) is 5.91. The van der Waals surface area contributed by atoms with Gasteiger partial charge in [0.25, 0.3) is 5.89 Å². The predicted molar refractivity (Wildman–Crippen MR) is 92.5 cm³/mol. The summed E-state index contributed by atoms with van der Waals surface area (Å²) in [6.07, 6.45) is 1.59. The summed E-state index contributed by atoms with van der Waals surface area (Å²) in [5.74, 6) is 2.54. The molecule has 4 rings (SSSR count). The summed E-state index contributed by atoms with van der Waals surface area (Å²) >= 11 is 0. The highest BCUT2D eigenvalue weighted by Crippen LogP contribution is 2.28. The normalized spacial score (nSPS) is 15.5. The number of furan rings is 1. The molecule has 1 aliphatic rings. The molecular formula is C18H20N4O3. The smallest absolute Gasteiger partial charge is 0.283 e. The van der Waals surface area contributed by atoms with Gasteiger partial charge in [-0.2, -0.15) is 0 Å². The van der Waals surface area contributed by atoms with Crippen molar-refractivity contribution in [2.45, 2.75) is 6.54 Å². The number of para-hydroxylation sites is 2. The van der Waals surface area contributed by atoms with E-state index in [1.54, 1.807) is 19.4 Å². The Hall–Kier alpha value is -2.80. The molecular weight excluding hydrogens is 320 g/mol. The first-order valence-corrected chi connectivity index (χ1v) is 8.30. The van der Waals surface area contributed by atoms with Gasteiger partial charge in [-0.15, -0.1) is 10.2 Å². The Morgan fingerprint density at radius 2 is 1.88 bits per heavy atom. The third kappa shape index (κ3) is 3.36. The van der Waals surface area contributed by atoms with E-state index in [1.165, 1.54) is 0 Å². The van der Waals surface area contributed by atoms with Gasteiger partial charge in [-0.25, -0.2) is 0 Å². The van der Waals surface area contributed by atoms with Crippen LogP contribution in [-0.2, 0) is 6.54 Å². The quantitative estimate of drug-likeness (QED) is 0.707. The molecule has 130 valence electrons. The van der Waals surface area contributed by atoms with Crippen molar-refractivity contribution in [1.82, 2.24) is 15.1 Å². The molecule has 0 atom stereocenters. The fourth-order valence-corrected chi connectivity index (χ4v) is 3.05. The minimum atomic E-state index is 0.424. The van der Waals surface area contributed by atoms with Gasteiger partial charge in [0.05, 0.1) is 25.6 Å². The van der Waals surface area contributed by atoms with Crippen molar-refractivity contribution in [3.8, 4) is 17.4 Å². The largest absolute Gasteiger partial charge is 0.495 e. The number of hydrogen-bond acceptors (Lipinski definition) is 7. The third-order valence-electron chi connectivity index (χ3n) is 4.36. The second kappa shape index (κ2) is 6.98. The van der Waals surface area contributed by atoms with E-state index in [0.29, 0.717) is 24.1 Å². The van der Waals surface area contributed by atoms with Gasteiger partial charge in [-0.1, -0.05) is 12.1 Å². The molecule has 3 heterocycles. The first-order valence-electron chi connectivity index (χ1n) is 8.30. The molecule has 7 heteroatoms. The molecule has 25 heavy (non-hydrogen) atoms. The summed E-state index contributed by atoms with van der Waals surface area (Å²) in [5, 5.41) is 8.16. The van der Waals surface area contributed by atoms with Gasteiger partial charge in [0, 0.05) is 26.2 Å². The fraction of sp³-hybridized carbons (Fsp3) is 0.333. The number of methoxy groups -OCH3 is 1. The highest BCUT2D eigenvalue weighted by atomic mass is 16.5. The van der Waals surface area contributed by atoms with Crippen LogP contribution in [-0.4, -0.2) is 48.4 Å². The summed E-state index contributed by atoms with van der Waals surface area (Å²) < 4.78 is 16.4. The molecule has 0 amide bonds. The third-order valence-corrected chi connectivity index (χ3v) is 4.36. The molecule has 7 nitrogen and oxygen atoms in total. The molecule has 0 bridgehead atoms. The van der Waals surface area contributed by atoms with E-state index < -0.39 is 0 Å². The summed E-state index contributed by atoms with van der Waals surface area (Å²) in [7, 11) is 1.71. The average Bonchev–Trinajstić information content (AvgIpc) is 3.34. The monoisotopic (exact) mass is 340 g/mol. The molecule has 3 aromatic rings. The molecule has 1 fully saturated rings. The highest BCUT2D eigenvalue weighted by molar-refractivity contribution is 5.58. The van der Waals surface area contributed by atoms with Gasteiger partial charge >= 0.3 is 0 Å². The lowest BCUT2D eigenvalue weighted by Gasteiger charge is -2.35. The summed E-state index contributed by atoms with van der Waals surface area (Å²) in [4.78, 5) is 4.66. The van der Waals surface area contributed by atoms with E-state index in [9.17, 15) is 0 Å². The first-order chi connectivity index (χ1) is 12.3. The van der Waals surface area contributed by atoms with E-state index in [-0.39, 0.29) is 0 Å². The Morgan fingerprint density at radius 3 is 2.64 bits per heavy atom. The van der Waals surface area contributed by atoms with Crippen LogP contribution in [0.3, 0.4) is 0 Å². The Bertz CT molecular complexity index is 807. The molecule has 2 aromatic heterocycles. The molecule has 1 saturated heterocycles. The second-order valence-electron chi connectivity index (χ2n) is 5.91. The maximum absolute atomic E-state index is 5.69. The van der Waals surface area contributed by atoms with Crippen LogP contribution < -0.4 is 9.64 Å². The Balaban J connectivity index is 1.36. The molecule has 0 N–H and O–H groups in total. The van der Waals surface area contributed by atoms with E-state index in [4.69, 9.17) is 13.6 Å². The van der Waals surface area contributed by atoms with Gasteiger partial charge in [-0.05, 0) is 24.3 Å². The Labute approximate surface area is 145 Å². The van der Waals surface area contributed by atoms with Gasteiger partial charge in [0.15, 0.2) is 5.76 Å². The van der Waals surface area contributed by atoms with Crippen LogP contribution >= 0.6 is 0 Å². The zero-order valence-electron chi connectivity index (χ0n) is 14.1. The van der Waals surface area contributed by atoms with Crippen LogP contribution in [0.1, 0.15) is 5.89 Å². The molecule has 1 aliphatic heterocycles. The number of anilines is 1. The van der Waals surface area contributed by atoms with Gasteiger partial charge < -0.3 is 18.5 Å². The molecule has 0 spiro atoms. The van der Waals surface area contributed by atoms with Crippen molar-refractivity contribution < 1.29 is 13.6 Å². The van der Waals surface area contributed by atoms with Crippen molar-refractivity contribution in [3.63, 3.8) is 0 Å². The first kappa shape index (κ1) is 15.7. The van der Waals surface area contributed by atoms with E-state index in [1.807, 2.05) is 24.3 Å². The van der Waals surface area contributed by atoms with Gasteiger partial charge in [0.1, 0.15) is 5.75 Å². The fourth-order valence-electron chi connectivity index (χ4n) is 3.05. The maximum atomic E-state index is 5.69. The van der Waals surface area contributed by atoms with Gasteiger partial charge in [-0.3, -0.25) is 4.90 Å². The molecule has 0 aliphatic carbocycles. The lowest BCUT2D eigenvalue weighted by molar-refractivity contribution is 0.226. The average molecular weight is 340 g/mol. The van der Waals surface area contributed by atoms with Crippen LogP contribution in [0.2, 0.25) is 0 Å². The molecule has 0 unspecified atom stereocenters. The lowest BCUT2D eigenvalue weighted by Crippen LogP contribution is -2.46. The number of aromatic nitrogens is 2. The lowest BCUT2D eigenvalue weighted by atomic mass is 10.2. The number of hydrogen-bond donors (Lipinski definition) is 0. The van der Waals surface area contributed by atoms with Crippen LogP contribution in [0.4, 0.5) is 5.69 Å². The van der Waals surface area contributed by atoms with Crippen molar-refractivity contribution in [2.24, 2.45) is 0 Å². The van der Waals surface area contributed by atoms with E-state index >= 15 is 0 Å². The van der Waals surface area contributed by atoms with Crippen LogP contribution in [0.25, 0.3) is 11.7 Å². The summed E-state index contributed by atoms with van der Waals surface area (Å²) in [6.45, 7) is 4.36. The Morgan fingerprint density at radius 1 is 1.04 bits per heavy atom. The van der Waals surface area contributed by atoms with Crippen LogP contribution in [0, 0.1) is 0 Å². The zero-order valence-corrected chi connectivity index (χ0v) is 14.1. The molecule has 0 saturated carbocycles. The van der Waals surface area contributed by atoms with Crippen molar-refractivity contribution >= 4 is 5.69 Å². The Kier molecular flexibility index (Phi) is 4.39. The SMILES string of the molecule is COc1ccccc1N1CCN(Cc2nnc(-c3ccco3)o2)CC1. The van der Waals surface area contributed by atoms with Crippen molar-refractivity contribution in [2.75, 3.05) is 38.2 Å². The number of rotatable bonds is 5. The number of nitrogens with zero attached hydrogens (tertiary/aromatic N) is 4. The number of benzene rings is 1. The number of piperazine rings is 1. The summed E-state index contributed by atoms with van der Waals surface area (Å²) in [6, 6.07) is 11.7. The molecule has 0 radical (unpaired) electrons. The predicted octanol–water partition coefficient (Wildman–Crippen LogP) is 2.66. The highest BCUT2D eigenvalue weighted by Gasteiger charge is 2.21. The number of ether oxygens (including phenoxy) is 1. The van der Waals surface area contributed by atoms with E-state index in [0.717, 1.165) is 37.6 Å². The van der Waals surface area contributed by atoms with Gasteiger partial charge in [0.2, 0.25) is 5.89 Å². The minimum Gasteiger partial charge on any atom is -0.495 e. The van der Waals surface area contributed by atoms with E-state index in [2.05, 4.69) is 26.1 Å². The standard InChI is InChI=1S/C18H20N4O3/c1-23-15-6-3-2-5-14(15)22-10-8-21(9-11-22)13-17-19-20-18(25-17)16-7-4-12-24-16/h2-7,12H,8-11,13H2,1H3. The summed E-state index contributed by atoms with van der Waals surface area (Å²) in [5.41, 5.74) is 1.14. The van der Waals surface area contributed by atoms with Crippen LogP contribution in [0.15, 0.2) is 51.5 Å².